The van der Waals surface area contributed by atoms with Gasteiger partial charge in [-0.05, 0) is 57.4 Å². The van der Waals surface area contributed by atoms with Crippen LogP contribution in [-0.4, -0.2) is 33.7 Å². The number of benzene rings is 2. The molecule has 1 atom stereocenters. The Morgan fingerprint density at radius 2 is 1.87 bits per heavy atom. The van der Waals surface area contributed by atoms with Crippen LogP contribution in [0.1, 0.15) is 49.4 Å². The number of rotatable bonds is 10. The van der Waals surface area contributed by atoms with Crippen LogP contribution >= 0.6 is 0 Å². The third-order valence-corrected chi connectivity index (χ3v) is 6.05. The monoisotopic (exact) mass is 432 g/mol. The topological polar surface area (TPSA) is 75.7 Å². The van der Waals surface area contributed by atoms with Crippen LogP contribution in [0.4, 0.5) is 5.69 Å². The first kappa shape index (κ1) is 23.7. The minimum Gasteiger partial charge on any atom is -0.492 e. The Labute approximate surface area is 180 Å². The predicted molar refractivity (Wildman–Crippen MR) is 122 cm³/mol. The van der Waals surface area contributed by atoms with Crippen molar-refractivity contribution < 1.29 is 17.9 Å². The Morgan fingerprint density at radius 3 is 2.50 bits per heavy atom. The number of sulfonamides is 1. The Hall–Kier alpha value is -2.54. The molecule has 0 saturated carbocycles. The Morgan fingerprint density at radius 1 is 1.17 bits per heavy atom. The van der Waals surface area contributed by atoms with Crippen LogP contribution in [-0.2, 0) is 14.8 Å². The molecule has 0 radical (unpaired) electrons. The Kier molecular flexibility index (Phi) is 8.29. The number of nitrogens with one attached hydrogen (secondary N) is 1. The number of carbonyl (C=O) groups excluding carboxylic acids is 1. The molecule has 0 aromatic heterocycles. The molecule has 2 rings (SSSR count). The normalized spacial score (nSPS) is 12.3. The average molecular weight is 433 g/mol. The van der Waals surface area contributed by atoms with Crippen molar-refractivity contribution in [3.05, 3.63) is 59.2 Å². The molecule has 2 aromatic rings. The summed E-state index contributed by atoms with van der Waals surface area (Å²) in [6, 6.07) is 13.1. The molecule has 2 aromatic carbocycles. The standard InChI is InChI=1S/C23H32N2O4S/c1-6-29-22-11-8-7-10-21(22)25(30(5,27)28)15-9-12-23(26)24-19(4)20-14-13-17(2)16-18(20)3/h7-8,10-11,13-14,16,19H,6,9,12,15H2,1-5H3,(H,24,26)/t19-/m0/s1. The molecule has 0 bridgehead atoms. The number of ether oxygens (including phenoxy) is 1. The number of hydrogen-bond donors (Lipinski definition) is 1. The number of hydrogen-bond acceptors (Lipinski definition) is 4. The van der Waals surface area contributed by atoms with Gasteiger partial charge in [0.05, 0.1) is 24.6 Å². The zero-order valence-corrected chi connectivity index (χ0v) is 19.3. The maximum absolute atomic E-state index is 12.4. The predicted octanol–water partition coefficient (Wildman–Crippen LogP) is 4.13. The van der Waals surface area contributed by atoms with E-state index in [2.05, 4.69) is 11.4 Å². The lowest BCUT2D eigenvalue weighted by molar-refractivity contribution is -0.121. The molecule has 0 unspecified atom stereocenters. The van der Waals surface area contributed by atoms with E-state index in [9.17, 15) is 13.2 Å². The number of carbonyl (C=O) groups is 1. The van der Waals surface area contributed by atoms with Gasteiger partial charge in [-0.15, -0.1) is 0 Å². The van der Waals surface area contributed by atoms with E-state index < -0.39 is 10.0 Å². The van der Waals surface area contributed by atoms with E-state index >= 15 is 0 Å². The highest BCUT2D eigenvalue weighted by Crippen LogP contribution is 2.30. The van der Waals surface area contributed by atoms with E-state index in [1.54, 1.807) is 24.3 Å². The first-order valence-electron chi connectivity index (χ1n) is 10.2. The molecule has 0 fully saturated rings. The van der Waals surface area contributed by atoms with Gasteiger partial charge in [0.15, 0.2) is 0 Å². The van der Waals surface area contributed by atoms with Crippen molar-refractivity contribution in [2.75, 3.05) is 23.7 Å². The average Bonchev–Trinajstić information content (AvgIpc) is 2.65. The fraction of sp³-hybridized carbons (Fsp3) is 0.435. The minimum atomic E-state index is -3.51. The summed E-state index contributed by atoms with van der Waals surface area (Å²) in [5, 5.41) is 3.01. The molecule has 0 aliphatic rings. The van der Waals surface area contributed by atoms with E-state index in [0.29, 0.717) is 24.5 Å². The number of nitrogens with zero attached hydrogens (tertiary/aromatic N) is 1. The minimum absolute atomic E-state index is 0.103. The van der Waals surface area contributed by atoms with Gasteiger partial charge in [0.1, 0.15) is 5.75 Å². The third-order valence-electron chi connectivity index (χ3n) is 4.87. The van der Waals surface area contributed by atoms with Gasteiger partial charge in [-0.3, -0.25) is 9.10 Å². The molecule has 0 aliphatic heterocycles. The summed E-state index contributed by atoms with van der Waals surface area (Å²) in [5.41, 5.74) is 3.89. The molecular formula is C23H32N2O4S. The van der Waals surface area contributed by atoms with Crippen molar-refractivity contribution >= 4 is 21.6 Å². The SMILES string of the molecule is CCOc1ccccc1N(CCCC(=O)N[C@@H](C)c1ccc(C)cc1C)S(C)(=O)=O. The van der Waals surface area contributed by atoms with Crippen molar-refractivity contribution in [3.63, 3.8) is 0 Å². The molecule has 164 valence electrons. The smallest absolute Gasteiger partial charge is 0.232 e. The van der Waals surface area contributed by atoms with Crippen LogP contribution in [0.25, 0.3) is 0 Å². The third kappa shape index (κ3) is 6.49. The van der Waals surface area contributed by atoms with Crippen molar-refractivity contribution in [2.24, 2.45) is 0 Å². The van der Waals surface area contributed by atoms with Gasteiger partial charge in [0, 0.05) is 13.0 Å². The molecule has 0 aliphatic carbocycles. The fourth-order valence-corrected chi connectivity index (χ4v) is 4.46. The number of amides is 1. The van der Waals surface area contributed by atoms with Gasteiger partial charge in [0.2, 0.25) is 15.9 Å². The van der Waals surface area contributed by atoms with Gasteiger partial charge in [-0.1, -0.05) is 35.9 Å². The molecule has 0 saturated heterocycles. The van der Waals surface area contributed by atoms with Crippen LogP contribution in [0.3, 0.4) is 0 Å². The summed E-state index contributed by atoms with van der Waals surface area (Å²) in [4.78, 5) is 12.4. The summed E-state index contributed by atoms with van der Waals surface area (Å²) in [5.74, 6) is 0.410. The second kappa shape index (κ2) is 10.5. The molecule has 6 nitrogen and oxygen atoms in total. The van der Waals surface area contributed by atoms with E-state index in [0.717, 1.165) is 17.4 Å². The second-order valence-corrected chi connectivity index (χ2v) is 9.40. The van der Waals surface area contributed by atoms with Crippen LogP contribution in [0.2, 0.25) is 0 Å². The first-order valence-corrected chi connectivity index (χ1v) is 12.0. The Balaban J connectivity index is 2.01. The highest BCUT2D eigenvalue weighted by molar-refractivity contribution is 7.92. The van der Waals surface area contributed by atoms with Gasteiger partial charge in [0.25, 0.3) is 0 Å². The zero-order chi connectivity index (χ0) is 22.3. The lowest BCUT2D eigenvalue weighted by Gasteiger charge is -2.24. The molecular weight excluding hydrogens is 400 g/mol. The number of anilines is 1. The van der Waals surface area contributed by atoms with E-state index in [4.69, 9.17) is 4.74 Å². The molecule has 1 amide bonds. The van der Waals surface area contributed by atoms with E-state index in [-0.39, 0.29) is 24.9 Å². The molecule has 30 heavy (non-hydrogen) atoms. The molecule has 0 heterocycles. The van der Waals surface area contributed by atoms with E-state index in [1.165, 1.54) is 9.87 Å². The summed E-state index contributed by atoms with van der Waals surface area (Å²) >= 11 is 0. The van der Waals surface area contributed by atoms with Gasteiger partial charge >= 0.3 is 0 Å². The summed E-state index contributed by atoms with van der Waals surface area (Å²) in [6.45, 7) is 8.52. The highest BCUT2D eigenvalue weighted by atomic mass is 32.2. The fourth-order valence-electron chi connectivity index (χ4n) is 3.49. The van der Waals surface area contributed by atoms with Crippen molar-refractivity contribution in [2.45, 2.75) is 46.6 Å². The zero-order valence-electron chi connectivity index (χ0n) is 18.4. The molecule has 0 spiro atoms. The molecule has 7 heteroatoms. The van der Waals surface area contributed by atoms with Crippen molar-refractivity contribution in [1.82, 2.24) is 5.32 Å². The lowest BCUT2D eigenvalue weighted by Crippen LogP contribution is -2.33. The number of para-hydroxylation sites is 2. The lowest BCUT2D eigenvalue weighted by atomic mass is 10.00. The van der Waals surface area contributed by atoms with Crippen LogP contribution < -0.4 is 14.4 Å². The first-order chi connectivity index (χ1) is 14.1. The van der Waals surface area contributed by atoms with Crippen molar-refractivity contribution in [1.29, 1.82) is 0 Å². The van der Waals surface area contributed by atoms with Gasteiger partial charge < -0.3 is 10.1 Å². The largest absolute Gasteiger partial charge is 0.492 e. The maximum atomic E-state index is 12.4. The van der Waals surface area contributed by atoms with E-state index in [1.807, 2.05) is 39.8 Å². The summed E-state index contributed by atoms with van der Waals surface area (Å²) in [6.07, 6.45) is 1.80. The number of aryl methyl sites for hydroxylation is 2. The quantitative estimate of drug-likeness (QED) is 0.613. The second-order valence-electron chi connectivity index (χ2n) is 7.49. The van der Waals surface area contributed by atoms with Crippen LogP contribution in [0, 0.1) is 13.8 Å². The van der Waals surface area contributed by atoms with Gasteiger partial charge in [-0.25, -0.2) is 8.42 Å². The van der Waals surface area contributed by atoms with Crippen LogP contribution in [0.15, 0.2) is 42.5 Å². The van der Waals surface area contributed by atoms with Crippen molar-refractivity contribution in [3.8, 4) is 5.75 Å². The maximum Gasteiger partial charge on any atom is 0.232 e. The summed E-state index contributed by atoms with van der Waals surface area (Å²) in [7, 11) is -3.51. The molecule has 1 N–H and O–H groups in total. The van der Waals surface area contributed by atoms with Gasteiger partial charge in [-0.2, -0.15) is 0 Å². The highest BCUT2D eigenvalue weighted by Gasteiger charge is 2.21. The Bertz CT molecular complexity index is 973. The summed E-state index contributed by atoms with van der Waals surface area (Å²) < 4.78 is 31.6. The van der Waals surface area contributed by atoms with Crippen LogP contribution in [0.5, 0.6) is 5.75 Å².